The van der Waals surface area contributed by atoms with E-state index in [-0.39, 0.29) is 12.0 Å². The molecule has 0 radical (unpaired) electrons. The molecule has 11 heteroatoms. The molecule has 3 aromatic heterocycles. The van der Waals surface area contributed by atoms with Crippen molar-refractivity contribution < 1.29 is 18.0 Å². The predicted molar refractivity (Wildman–Crippen MR) is 94.0 cm³/mol. The lowest BCUT2D eigenvalue weighted by Crippen LogP contribution is -2.26. The Kier molecular flexibility index (Phi) is 3.66. The van der Waals surface area contributed by atoms with Gasteiger partial charge in [0.25, 0.3) is 0 Å². The fraction of sp³-hybridized carbons (Fsp3) is 0.167. The second-order valence-electron chi connectivity index (χ2n) is 6.65. The zero-order chi connectivity index (χ0) is 20.3. The maximum absolute atomic E-state index is 14.5. The number of hydrogen-bond donors (Lipinski definition) is 1. The second-order valence-corrected chi connectivity index (χ2v) is 6.65. The number of fused-ring (bicyclic) bond motifs is 2. The fourth-order valence-electron chi connectivity index (χ4n) is 3.62. The molecule has 1 aliphatic rings. The van der Waals surface area contributed by atoms with E-state index >= 15 is 0 Å². The molecule has 1 aliphatic heterocycles. The molecule has 1 amide bonds. The molecule has 0 saturated heterocycles. The third kappa shape index (κ3) is 2.57. The van der Waals surface area contributed by atoms with Crippen LogP contribution in [-0.4, -0.2) is 35.5 Å². The lowest BCUT2D eigenvalue weighted by atomic mass is 9.85. The summed E-state index contributed by atoms with van der Waals surface area (Å²) in [4.78, 5) is 12.3. The van der Waals surface area contributed by atoms with Crippen LogP contribution < -0.4 is 5.32 Å². The zero-order valence-electron chi connectivity index (χ0n) is 14.9. The summed E-state index contributed by atoms with van der Waals surface area (Å²) in [5.74, 6) is -4.72. The van der Waals surface area contributed by atoms with Crippen LogP contribution in [-0.2, 0) is 4.79 Å². The smallest absolute Gasteiger partial charge is 0.226 e. The van der Waals surface area contributed by atoms with Crippen molar-refractivity contribution in [3.8, 4) is 5.82 Å². The summed E-state index contributed by atoms with van der Waals surface area (Å²) in [5, 5.41) is 19.1. The van der Waals surface area contributed by atoms with E-state index in [0.717, 1.165) is 12.1 Å². The summed E-state index contributed by atoms with van der Waals surface area (Å²) >= 11 is 0. The Bertz CT molecular complexity index is 1300. The van der Waals surface area contributed by atoms with Gasteiger partial charge < -0.3 is 5.32 Å². The van der Waals surface area contributed by atoms with Gasteiger partial charge in [0.2, 0.25) is 5.91 Å². The normalized spacial score (nSPS) is 16.1. The van der Waals surface area contributed by atoms with Crippen molar-refractivity contribution in [2.24, 2.45) is 0 Å². The van der Waals surface area contributed by atoms with Gasteiger partial charge in [0, 0.05) is 17.9 Å². The van der Waals surface area contributed by atoms with E-state index in [9.17, 15) is 18.0 Å². The van der Waals surface area contributed by atoms with Crippen molar-refractivity contribution in [3.05, 3.63) is 64.9 Å². The van der Waals surface area contributed by atoms with Gasteiger partial charge in [-0.2, -0.15) is 14.3 Å². The summed E-state index contributed by atoms with van der Waals surface area (Å²) in [6, 6.07) is 5.32. The van der Waals surface area contributed by atoms with Gasteiger partial charge in [-0.05, 0) is 30.7 Å². The van der Waals surface area contributed by atoms with Gasteiger partial charge in [0.05, 0.1) is 5.69 Å². The SMILES string of the molecule is Cc1nn(-c2ccc3nncn3n2)c2c1[C@H](c1ccc(F)c(F)c1F)CC(=O)N2. The maximum atomic E-state index is 14.5. The van der Waals surface area contributed by atoms with Gasteiger partial charge in [-0.25, -0.2) is 13.2 Å². The number of carbonyl (C=O) groups excluding carboxylic acids is 1. The molecule has 1 atom stereocenters. The summed E-state index contributed by atoms with van der Waals surface area (Å²) < 4.78 is 44.5. The van der Waals surface area contributed by atoms with Crippen molar-refractivity contribution in [3.63, 3.8) is 0 Å². The van der Waals surface area contributed by atoms with E-state index in [1.165, 1.54) is 15.5 Å². The molecule has 29 heavy (non-hydrogen) atoms. The van der Waals surface area contributed by atoms with Crippen molar-refractivity contribution in [1.29, 1.82) is 0 Å². The minimum Gasteiger partial charge on any atom is -0.310 e. The fourth-order valence-corrected chi connectivity index (χ4v) is 3.62. The van der Waals surface area contributed by atoms with E-state index < -0.39 is 29.3 Å². The van der Waals surface area contributed by atoms with Gasteiger partial charge in [-0.3, -0.25) is 4.79 Å². The van der Waals surface area contributed by atoms with Crippen molar-refractivity contribution >= 4 is 17.4 Å². The van der Waals surface area contributed by atoms with Crippen molar-refractivity contribution in [1.82, 2.24) is 29.6 Å². The number of nitrogens with zero attached hydrogens (tertiary/aromatic N) is 6. The number of benzene rings is 1. The molecule has 0 spiro atoms. The quantitative estimate of drug-likeness (QED) is 0.523. The molecular formula is C18H12F3N7O. The monoisotopic (exact) mass is 399 g/mol. The summed E-state index contributed by atoms with van der Waals surface area (Å²) in [7, 11) is 0. The standard InChI is InChI=1S/C18H12F3N7O/c1-8-15-10(9-2-3-11(19)17(21)16(9)20)6-14(29)23-18(15)28(25-8)13-5-4-12-24-22-7-27(12)26-13/h2-5,7,10H,6H2,1H3,(H,23,29)/t10-/m0/s1. The first-order chi connectivity index (χ1) is 13.9. The van der Waals surface area contributed by atoms with Gasteiger partial charge in [-0.1, -0.05) is 6.07 Å². The summed E-state index contributed by atoms with van der Waals surface area (Å²) in [5.41, 5.74) is 1.43. The molecule has 0 fully saturated rings. The Balaban J connectivity index is 1.70. The highest BCUT2D eigenvalue weighted by Crippen LogP contribution is 2.41. The lowest BCUT2D eigenvalue weighted by molar-refractivity contribution is -0.116. The predicted octanol–water partition coefficient (Wildman–Crippen LogP) is 2.51. The number of aryl methyl sites for hydroxylation is 1. The number of amides is 1. The van der Waals surface area contributed by atoms with Gasteiger partial charge >= 0.3 is 0 Å². The number of halogens is 3. The molecule has 1 N–H and O–H groups in total. The highest BCUT2D eigenvalue weighted by molar-refractivity contribution is 5.95. The highest BCUT2D eigenvalue weighted by Gasteiger charge is 2.35. The van der Waals surface area contributed by atoms with Crippen LogP contribution in [0.3, 0.4) is 0 Å². The van der Waals surface area contributed by atoms with E-state index in [4.69, 9.17) is 0 Å². The van der Waals surface area contributed by atoms with Crippen LogP contribution in [0.1, 0.15) is 29.2 Å². The van der Waals surface area contributed by atoms with Crippen LogP contribution in [0.5, 0.6) is 0 Å². The molecule has 0 unspecified atom stereocenters. The molecule has 0 aliphatic carbocycles. The molecule has 8 nitrogen and oxygen atoms in total. The van der Waals surface area contributed by atoms with Gasteiger partial charge in [0.15, 0.2) is 28.9 Å². The molecule has 5 rings (SSSR count). The van der Waals surface area contributed by atoms with Crippen molar-refractivity contribution in [2.45, 2.75) is 19.3 Å². The average Bonchev–Trinajstić information content (AvgIpc) is 3.29. The van der Waals surface area contributed by atoms with Crippen LogP contribution in [0.2, 0.25) is 0 Å². The van der Waals surface area contributed by atoms with E-state index in [1.54, 1.807) is 19.1 Å². The minimum atomic E-state index is -1.57. The van der Waals surface area contributed by atoms with Crippen molar-refractivity contribution in [2.75, 3.05) is 5.32 Å². The largest absolute Gasteiger partial charge is 0.310 e. The Hall–Kier alpha value is -3.76. The lowest BCUT2D eigenvalue weighted by Gasteiger charge is -2.24. The third-order valence-electron chi connectivity index (χ3n) is 4.91. The molecule has 0 saturated carbocycles. The first-order valence-corrected chi connectivity index (χ1v) is 8.64. The second kappa shape index (κ2) is 6.12. The van der Waals surface area contributed by atoms with Crippen LogP contribution >= 0.6 is 0 Å². The molecule has 4 aromatic rings. The van der Waals surface area contributed by atoms with Crippen LogP contribution in [0.15, 0.2) is 30.6 Å². The molecule has 146 valence electrons. The molecule has 0 bridgehead atoms. The molecule has 4 heterocycles. The average molecular weight is 399 g/mol. The molecule has 1 aromatic carbocycles. The van der Waals surface area contributed by atoms with Crippen LogP contribution in [0.4, 0.5) is 19.0 Å². The number of hydrogen-bond acceptors (Lipinski definition) is 5. The number of aromatic nitrogens is 6. The summed E-state index contributed by atoms with van der Waals surface area (Å²) in [6.07, 6.45) is 1.29. The maximum Gasteiger partial charge on any atom is 0.226 e. The Morgan fingerprint density at radius 3 is 2.76 bits per heavy atom. The highest BCUT2D eigenvalue weighted by atomic mass is 19.2. The first kappa shape index (κ1) is 17.3. The summed E-state index contributed by atoms with van der Waals surface area (Å²) in [6.45, 7) is 1.69. The Labute approximate surface area is 161 Å². The Morgan fingerprint density at radius 1 is 1.10 bits per heavy atom. The minimum absolute atomic E-state index is 0.107. The third-order valence-corrected chi connectivity index (χ3v) is 4.91. The first-order valence-electron chi connectivity index (χ1n) is 8.64. The van der Waals surface area contributed by atoms with Crippen LogP contribution in [0.25, 0.3) is 11.5 Å². The van der Waals surface area contributed by atoms with Crippen LogP contribution in [0, 0.1) is 24.4 Å². The van der Waals surface area contributed by atoms with E-state index in [0.29, 0.717) is 28.5 Å². The topological polar surface area (TPSA) is 90.0 Å². The number of anilines is 1. The van der Waals surface area contributed by atoms with Gasteiger partial charge in [-0.15, -0.1) is 15.3 Å². The number of carbonyl (C=O) groups is 1. The number of rotatable bonds is 2. The zero-order valence-corrected chi connectivity index (χ0v) is 14.9. The van der Waals surface area contributed by atoms with Gasteiger partial charge in [0.1, 0.15) is 12.1 Å². The Morgan fingerprint density at radius 2 is 1.93 bits per heavy atom. The number of nitrogens with one attached hydrogen (secondary N) is 1. The van der Waals surface area contributed by atoms with E-state index in [2.05, 4.69) is 25.7 Å². The molecular weight excluding hydrogens is 387 g/mol. The van der Waals surface area contributed by atoms with E-state index in [1.807, 2.05) is 0 Å².